The molecule has 3 aromatic carbocycles. The van der Waals surface area contributed by atoms with Gasteiger partial charge in [0.25, 0.3) is 0 Å². The quantitative estimate of drug-likeness (QED) is 0.216. The van der Waals surface area contributed by atoms with Crippen LogP contribution in [0.5, 0.6) is 11.5 Å². The molecule has 0 atom stereocenters. The van der Waals surface area contributed by atoms with Crippen LogP contribution in [0.1, 0.15) is 18.1 Å². The smallest absolute Gasteiger partial charge is 0.505 e. The number of aryl methyl sites for hydroxylation is 2. The van der Waals surface area contributed by atoms with Crippen LogP contribution < -0.4 is 15.2 Å². The number of carboxylic acid groups (broad SMARTS) is 1. The van der Waals surface area contributed by atoms with Gasteiger partial charge < -0.3 is 14.9 Å². The number of phenolic OH excluding ortho intramolecular Hbond substituents is 1. The van der Waals surface area contributed by atoms with Crippen LogP contribution in [-0.2, 0) is 4.79 Å². The third-order valence-electron chi connectivity index (χ3n) is 5.40. The second kappa shape index (κ2) is 9.07. The summed E-state index contributed by atoms with van der Waals surface area (Å²) < 4.78 is 4.69. The number of carbonyl (C=O) groups excluding carboxylic acids is 1. The zero-order chi connectivity index (χ0) is 24.4. The first-order valence-corrected chi connectivity index (χ1v) is 10.4. The Labute approximate surface area is 195 Å². The SMILES string of the molecule is CC1=NN(c2ccc(C)c(C)c2)C(=O)C1=NNc1cccc(-c2cccc(OC(=O)O)c2)c1O. The first-order valence-electron chi connectivity index (χ1n) is 10.4. The van der Waals surface area contributed by atoms with E-state index in [9.17, 15) is 14.7 Å². The van der Waals surface area contributed by atoms with E-state index < -0.39 is 6.16 Å². The summed E-state index contributed by atoms with van der Waals surface area (Å²) in [6, 6.07) is 16.9. The summed E-state index contributed by atoms with van der Waals surface area (Å²) in [5.41, 5.74) is 7.35. The molecule has 0 aliphatic carbocycles. The van der Waals surface area contributed by atoms with E-state index in [1.807, 2.05) is 32.0 Å². The third-order valence-corrected chi connectivity index (χ3v) is 5.40. The number of amides is 1. The summed E-state index contributed by atoms with van der Waals surface area (Å²) >= 11 is 0. The van der Waals surface area contributed by atoms with Crippen LogP contribution in [0.2, 0.25) is 0 Å². The molecule has 9 nitrogen and oxygen atoms in total. The minimum absolute atomic E-state index is 0.120. The van der Waals surface area contributed by atoms with Crippen molar-refractivity contribution in [2.24, 2.45) is 10.2 Å². The van der Waals surface area contributed by atoms with Crippen LogP contribution in [0.25, 0.3) is 11.1 Å². The minimum atomic E-state index is -1.43. The molecule has 3 N–H and O–H groups in total. The first-order chi connectivity index (χ1) is 16.2. The Kier molecular flexibility index (Phi) is 6.01. The van der Waals surface area contributed by atoms with Crippen molar-refractivity contribution >= 4 is 34.9 Å². The van der Waals surface area contributed by atoms with E-state index in [0.717, 1.165) is 11.1 Å². The molecule has 0 bridgehead atoms. The highest BCUT2D eigenvalue weighted by atomic mass is 16.7. The second-order valence-electron chi connectivity index (χ2n) is 7.74. The molecule has 34 heavy (non-hydrogen) atoms. The maximum atomic E-state index is 12.9. The van der Waals surface area contributed by atoms with E-state index >= 15 is 0 Å². The Morgan fingerprint density at radius 3 is 2.53 bits per heavy atom. The fourth-order valence-electron chi connectivity index (χ4n) is 3.47. The average molecular weight is 458 g/mol. The lowest BCUT2D eigenvalue weighted by molar-refractivity contribution is -0.112. The average Bonchev–Trinajstić information content (AvgIpc) is 3.08. The summed E-state index contributed by atoms with van der Waals surface area (Å²) in [6.07, 6.45) is -1.43. The number of hydrogen-bond donors (Lipinski definition) is 3. The van der Waals surface area contributed by atoms with Gasteiger partial charge in [-0.1, -0.05) is 30.3 Å². The van der Waals surface area contributed by atoms with E-state index in [1.54, 1.807) is 37.3 Å². The predicted octanol–water partition coefficient (Wildman–Crippen LogP) is 4.92. The topological polar surface area (TPSA) is 124 Å². The van der Waals surface area contributed by atoms with Crippen molar-refractivity contribution < 1.29 is 24.5 Å². The number of carbonyl (C=O) groups is 2. The maximum absolute atomic E-state index is 12.9. The lowest BCUT2D eigenvalue weighted by Crippen LogP contribution is -2.28. The summed E-state index contributed by atoms with van der Waals surface area (Å²) in [6.45, 7) is 5.64. The second-order valence-corrected chi connectivity index (χ2v) is 7.74. The lowest BCUT2D eigenvalue weighted by atomic mass is 10.0. The normalized spacial score (nSPS) is 14.3. The molecule has 1 aliphatic rings. The Hall–Kier alpha value is -4.66. The van der Waals surface area contributed by atoms with Crippen molar-refractivity contribution in [1.29, 1.82) is 0 Å². The molecule has 0 aromatic heterocycles. The first kappa shape index (κ1) is 22.5. The predicted molar refractivity (Wildman–Crippen MR) is 130 cm³/mol. The zero-order valence-electron chi connectivity index (χ0n) is 18.7. The van der Waals surface area contributed by atoms with Crippen molar-refractivity contribution in [3.8, 4) is 22.6 Å². The Balaban J connectivity index is 1.59. The highest BCUT2D eigenvalue weighted by Crippen LogP contribution is 2.36. The van der Waals surface area contributed by atoms with Crippen molar-refractivity contribution in [3.05, 3.63) is 71.8 Å². The van der Waals surface area contributed by atoms with E-state index in [2.05, 4.69) is 20.4 Å². The molecule has 1 amide bonds. The van der Waals surface area contributed by atoms with Gasteiger partial charge in [-0.25, -0.2) is 4.79 Å². The van der Waals surface area contributed by atoms with E-state index in [1.165, 1.54) is 17.1 Å². The van der Waals surface area contributed by atoms with Gasteiger partial charge >= 0.3 is 12.1 Å². The number of hydrogen-bond acceptors (Lipinski definition) is 7. The molecule has 0 radical (unpaired) electrons. The number of anilines is 2. The number of para-hydroxylation sites is 1. The zero-order valence-corrected chi connectivity index (χ0v) is 18.7. The van der Waals surface area contributed by atoms with Crippen molar-refractivity contribution in [2.75, 3.05) is 10.4 Å². The monoisotopic (exact) mass is 458 g/mol. The summed E-state index contributed by atoms with van der Waals surface area (Å²) in [5, 5.41) is 29.5. The number of hydrazone groups is 2. The fraction of sp³-hybridized carbons (Fsp3) is 0.120. The van der Waals surface area contributed by atoms with Crippen molar-refractivity contribution in [3.63, 3.8) is 0 Å². The molecule has 0 saturated heterocycles. The number of nitrogens with zero attached hydrogens (tertiary/aromatic N) is 3. The van der Waals surface area contributed by atoms with Gasteiger partial charge in [0.15, 0.2) is 5.71 Å². The summed E-state index contributed by atoms with van der Waals surface area (Å²) in [4.78, 5) is 23.8. The number of phenols is 1. The largest absolute Gasteiger partial charge is 0.511 e. The van der Waals surface area contributed by atoms with Gasteiger partial charge in [0.05, 0.1) is 17.1 Å². The Morgan fingerprint density at radius 2 is 1.79 bits per heavy atom. The highest BCUT2D eigenvalue weighted by molar-refractivity contribution is 6.71. The van der Waals surface area contributed by atoms with Gasteiger partial charge in [0.2, 0.25) is 0 Å². The summed E-state index contributed by atoms with van der Waals surface area (Å²) in [7, 11) is 0. The number of nitrogens with one attached hydrogen (secondary N) is 1. The van der Waals surface area contributed by atoms with Gasteiger partial charge in [0.1, 0.15) is 11.5 Å². The molecule has 4 rings (SSSR count). The number of benzene rings is 3. The van der Waals surface area contributed by atoms with Crippen molar-refractivity contribution in [1.82, 2.24) is 0 Å². The number of aromatic hydroxyl groups is 1. The molecule has 172 valence electrons. The fourth-order valence-corrected chi connectivity index (χ4v) is 3.47. The van der Waals surface area contributed by atoms with Crippen LogP contribution >= 0.6 is 0 Å². The molecule has 0 unspecified atom stereocenters. The van der Waals surface area contributed by atoms with Crippen LogP contribution in [-0.4, -0.2) is 33.7 Å². The summed E-state index contributed by atoms with van der Waals surface area (Å²) in [5.74, 6) is -0.384. The molecule has 0 spiro atoms. The molecular formula is C25H22N4O5. The Bertz CT molecular complexity index is 1360. The lowest BCUT2D eigenvalue weighted by Gasteiger charge is -2.13. The molecule has 0 fully saturated rings. The molecule has 1 aliphatic heterocycles. The third kappa shape index (κ3) is 4.44. The molecular weight excluding hydrogens is 436 g/mol. The minimum Gasteiger partial charge on any atom is -0.505 e. The molecule has 0 saturated carbocycles. The van der Waals surface area contributed by atoms with E-state index in [0.29, 0.717) is 22.5 Å². The van der Waals surface area contributed by atoms with Crippen LogP contribution in [0.3, 0.4) is 0 Å². The van der Waals surface area contributed by atoms with Gasteiger partial charge in [-0.3, -0.25) is 10.2 Å². The maximum Gasteiger partial charge on any atom is 0.511 e. The highest BCUT2D eigenvalue weighted by Gasteiger charge is 2.31. The van der Waals surface area contributed by atoms with Gasteiger partial charge in [-0.15, -0.1) is 0 Å². The van der Waals surface area contributed by atoms with Gasteiger partial charge in [-0.2, -0.15) is 15.2 Å². The Morgan fingerprint density at radius 1 is 1.03 bits per heavy atom. The molecule has 3 aromatic rings. The van der Waals surface area contributed by atoms with Gasteiger partial charge in [0, 0.05) is 5.56 Å². The molecule has 1 heterocycles. The van der Waals surface area contributed by atoms with Crippen LogP contribution in [0, 0.1) is 13.8 Å². The van der Waals surface area contributed by atoms with Gasteiger partial charge in [-0.05, 0) is 67.8 Å². The molecule has 9 heteroatoms. The van der Waals surface area contributed by atoms with Crippen LogP contribution in [0.15, 0.2) is 70.9 Å². The van der Waals surface area contributed by atoms with Crippen molar-refractivity contribution in [2.45, 2.75) is 20.8 Å². The number of rotatable bonds is 5. The van der Waals surface area contributed by atoms with Crippen LogP contribution in [0.4, 0.5) is 16.2 Å². The van der Waals surface area contributed by atoms with E-state index in [4.69, 9.17) is 5.11 Å². The number of ether oxygens (including phenoxy) is 1. The standard InChI is InChI=1S/C25H22N4O5/c1-14-10-11-18(12-15(14)2)29-24(31)22(16(3)28-29)27-26-21-9-5-8-20(23(21)30)17-6-4-7-19(13-17)34-25(32)33/h4-13,26,30H,1-3H3,(H,32,33). The van der Waals surface area contributed by atoms with E-state index in [-0.39, 0.29) is 28.8 Å².